The summed E-state index contributed by atoms with van der Waals surface area (Å²) in [6.45, 7) is 0. The fourth-order valence-electron chi connectivity index (χ4n) is 1.24. The summed E-state index contributed by atoms with van der Waals surface area (Å²) >= 11 is 2.18. The van der Waals surface area contributed by atoms with Crippen molar-refractivity contribution in [3.05, 3.63) is 45.9 Å². The Balaban J connectivity index is 2.22. The summed E-state index contributed by atoms with van der Waals surface area (Å²) in [7, 11) is 1.28. The molecule has 0 fully saturated rings. The van der Waals surface area contributed by atoms with Crippen molar-refractivity contribution >= 4 is 28.6 Å². The topological polar surface area (TPSA) is 61.3 Å². The third kappa shape index (κ3) is 3.16. The molecule has 0 unspecified atom stereocenters. The molecule has 0 radical (unpaired) electrons. The summed E-state index contributed by atoms with van der Waals surface area (Å²) in [6, 6.07) is 9.07. The molecule has 0 saturated carbocycles. The quantitative estimate of drug-likeness (QED) is 0.625. The lowest BCUT2D eigenvalue weighted by molar-refractivity contribution is 0.0585. The first-order chi connectivity index (χ1) is 8.69. The average Bonchev–Trinajstić information content (AvgIpc) is 2.38. The van der Waals surface area contributed by atoms with Gasteiger partial charge in [-0.1, -0.05) is 6.07 Å². The number of ether oxygens (including phenoxy) is 2. The molecule has 18 heavy (non-hydrogen) atoms. The standard InChI is InChI=1S/C12H9IN2O3/c1-17-12(16)11-14-6-5-10(15-11)18-9-4-2-3-8(13)7-9/h2-7H,1H3. The van der Waals surface area contributed by atoms with Gasteiger partial charge in [-0.15, -0.1) is 0 Å². The van der Waals surface area contributed by atoms with Crippen LogP contribution < -0.4 is 4.74 Å². The van der Waals surface area contributed by atoms with Gasteiger partial charge in [-0.05, 0) is 40.8 Å². The van der Waals surface area contributed by atoms with Crippen molar-refractivity contribution < 1.29 is 14.3 Å². The second-order valence-corrected chi connectivity index (χ2v) is 4.52. The second kappa shape index (κ2) is 5.76. The Morgan fingerprint density at radius 3 is 2.89 bits per heavy atom. The summed E-state index contributed by atoms with van der Waals surface area (Å²) in [5.74, 6) is 0.326. The van der Waals surface area contributed by atoms with Crippen LogP contribution in [0.4, 0.5) is 0 Å². The monoisotopic (exact) mass is 356 g/mol. The number of carbonyl (C=O) groups is 1. The maximum absolute atomic E-state index is 11.3. The van der Waals surface area contributed by atoms with Gasteiger partial charge < -0.3 is 9.47 Å². The molecule has 0 amide bonds. The molecule has 1 heterocycles. The van der Waals surface area contributed by atoms with Gasteiger partial charge in [0.15, 0.2) is 0 Å². The van der Waals surface area contributed by atoms with E-state index in [0.717, 1.165) is 3.57 Å². The van der Waals surface area contributed by atoms with Crippen LogP contribution in [-0.4, -0.2) is 23.0 Å². The lowest BCUT2D eigenvalue weighted by Gasteiger charge is -2.05. The van der Waals surface area contributed by atoms with Crippen molar-refractivity contribution in [2.75, 3.05) is 7.11 Å². The van der Waals surface area contributed by atoms with E-state index in [-0.39, 0.29) is 5.82 Å². The summed E-state index contributed by atoms with van der Waals surface area (Å²) in [4.78, 5) is 19.0. The maximum atomic E-state index is 11.3. The Morgan fingerprint density at radius 1 is 1.33 bits per heavy atom. The molecule has 0 aliphatic rings. The Bertz CT molecular complexity index is 575. The van der Waals surface area contributed by atoms with E-state index in [1.54, 1.807) is 6.07 Å². The number of nitrogens with zero attached hydrogens (tertiary/aromatic N) is 2. The van der Waals surface area contributed by atoms with Crippen LogP contribution in [0, 0.1) is 3.57 Å². The molecular weight excluding hydrogens is 347 g/mol. The second-order valence-electron chi connectivity index (χ2n) is 3.27. The van der Waals surface area contributed by atoms with Crippen LogP contribution in [0.25, 0.3) is 0 Å². The van der Waals surface area contributed by atoms with Gasteiger partial charge in [-0.25, -0.2) is 9.78 Å². The zero-order valence-corrected chi connectivity index (χ0v) is 11.6. The van der Waals surface area contributed by atoms with Crippen molar-refractivity contribution in [2.45, 2.75) is 0 Å². The van der Waals surface area contributed by atoms with Crippen LogP contribution in [0.3, 0.4) is 0 Å². The van der Waals surface area contributed by atoms with Gasteiger partial charge >= 0.3 is 5.97 Å². The summed E-state index contributed by atoms with van der Waals surface area (Å²) in [6.07, 6.45) is 1.45. The Labute approximate surface area is 117 Å². The lowest BCUT2D eigenvalue weighted by atomic mass is 10.3. The molecule has 0 aliphatic heterocycles. The van der Waals surface area contributed by atoms with Crippen LogP contribution in [0.1, 0.15) is 10.6 Å². The number of benzene rings is 1. The molecule has 5 nitrogen and oxygen atoms in total. The fourth-order valence-corrected chi connectivity index (χ4v) is 1.75. The van der Waals surface area contributed by atoms with E-state index in [9.17, 15) is 4.79 Å². The van der Waals surface area contributed by atoms with Crippen molar-refractivity contribution in [1.82, 2.24) is 9.97 Å². The van der Waals surface area contributed by atoms with Gasteiger partial charge in [-0.3, -0.25) is 0 Å². The van der Waals surface area contributed by atoms with Crippen LogP contribution in [0.15, 0.2) is 36.5 Å². The minimum absolute atomic E-state index is 0.0272. The van der Waals surface area contributed by atoms with Gasteiger partial charge in [0.1, 0.15) is 5.75 Å². The number of hydrogen-bond donors (Lipinski definition) is 0. The first-order valence-corrected chi connectivity index (χ1v) is 6.11. The molecule has 0 aliphatic carbocycles. The normalized spacial score (nSPS) is 9.89. The minimum Gasteiger partial charge on any atom is -0.463 e. The number of hydrogen-bond acceptors (Lipinski definition) is 5. The highest BCUT2D eigenvalue weighted by Crippen LogP contribution is 2.20. The van der Waals surface area contributed by atoms with E-state index in [1.807, 2.05) is 24.3 Å². The summed E-state index contributed by atoms with van der Waals surface area (Å²) < 4.78 is 11.1. The average molecular weight is 356 g/mol. The number of rotatable bonds is 3. The zero-order valence-electron chi connectivity index (χ0n) is 9.46. The van der Waals surface area contributed by atoms with E-state index in [2.05, 4.69) is 37.3 Å². The minimum atomic E-state index is -0.594. The highest BCUT2D eigenvalue weighted by molar-refractivity contribution is 14.1. The molecule has 2 rings (SSSR count). The number of esters is 1. The molecular formula is C12H9IN2O3. The molecule has 92 valence electrons. The lowest BCUT2D eigenvalue weighted by Crippen LogP contribution is -2.07. The van der Waals surface area contributed by atoms with Crippen molar-refractivity contribution in [3.8, 4) is 11.6 Å². The first kappa shape index (κ1) is 12.7. The summed E-state index contributed by atoms with van der Waals surface area (Å²) in [5, 5.41) is 0. The molecule has 0 atom stereocenters. The van der Waals surface area contributed by atoms with Gasteiger partial charge in [-0.2, -0.15) is 4.98 Å². The van der Waals surface area contributed by atoms with Gasteiger partial charge in [0.05, 0.1) is 7.11 Å². The highest BCUT2D eigenvalue weighted by atomic mass is 127. The Kier molecular flexibility index (Phi) is 4.08. The maximum Gasteiger partial charge on any atom is 0.376 e. The zero-order chi connectivity index (χ0) is 13.0. The van der Waals surface area contributed by atoms with Gasteiger partial charge in [0.25, 0.3) is 0 Å². The van der Waals surface area contributed by atoms with Crippen LogP contribution in [-0.2, 0) is 4.74 Å². The van der Waals surface area contributed by atoms with E-state index >= 15 is 0 Å². The van der Waals surface area contributed by atoms with E-state index < -0.39 is 5.97 Å². The summed E-state index contributed by atoms with van der Waals surface area (Å²) in [5.41, 5.74) is 0. The first-order valence-electron chi connectivity index (χ1n) is 5.04. The SMILES string of the molecule is COC(=O)c1nccc(Oc2cccc(I)c2)n1. The van der Waals surface area contributed by atoms with E-state index in [4.69, 9.17) is 4.74 Å². The number of carbonyl (C=O) groups excluding carboxylic acids is 1. The predicted molar refractivity (Wildman–Crippen MR) is 72.6 cm³/mol. The number of aromatic nitrogens is 2. The molecule has 2 aromatic rings. The third-order valence-electron chi connectivity index (χ3n) is 2.02. The van der Waals surface area contributed by atoms with Crippen LogP contribution in [0.2, 0.25) is 0 Å². The fraction of sp³-hybridized carbons (Fsp3) is 0.0833. The molecule has 0 N–H and O–H groups in total. The van der Waals surface area contributed by atoms with Crippen molar-refractivity contribution in [3.63, 3.8) is 0 Å². The number of methoxy groups -OCH3 is 1. The number of halogens is 1. The van der Waals surface area contributed by atoms with Crippen LogP contribution in [0.5, 0.6) is 11.6 Å². The van der Waals surface area contributed by atoms with E-state index in [0.29, 0.717) is 11.6 Å². The largest absolute Gasteiger partial charge is 0.463 e. The van der Waals surface area contributed by atoms with Gasteiger partial charge in [0, 0.05) is 15.8 Å². The highest BCUT2D eigenvalue weighted by Gasteiger charge is 2.10. The molecule has 1 aromatic heterocycles. The van der Waals surface area contributed by atoms with Crippen molar-refractivity contribution in [2.24, 2.45) is 0 Å². The van der Waals surface area contributed by atoms with Crippen LogP contribution >= 0.6 is 22.6 Å². The molecule has 1 aromatic carbocycles. The Hall–Kier alpha value is -1.70. The van der Waals surface area contributed by atoms with E-state index in [1.165, 1.54) is 13.3 Å². The molecule has 0 bridgehead atoms. The molecule has 6 heteroatoms. The molecule has 0 spiro atoms. The van der Waals surface area contributed by atoms with Crippen molar-refractivity contribution in [1.29, 1.82) is 0 Å². The molecule has 0 saturated heterocycles. The Morgan fingerprint density at radius 2 is 2.17 bits per heavy atom. The predicted octanol–water partition coefficient (Wildman–Crippen LogP) is 2.66. The third-order valence-corrected chi connectivity index (χ3v) is 2.69. The van der Waals surface area contributed by atoms with Gasteiger partial charge in [0.2, 0.25) is 11.7 Å². The smallest absolute Gasteiger partial charge is 0.376 e.